The van der Waals surface area contributed by atoms with Gasteiger partial charge in [0.15, 0.2) is 15.8 Å². The van der Waals surface area contributed by atoms with Crippen LogP contribution in [-0.4, -0.2) is 57.3 Å². The molecule has 2 rings (SSSR count). The summed E-state index contributed by atoms with van der Waals surface area (Å²) >= 11 is 0. The molecule has 1 aromatic rings. The van der Waals surface area contributed by atoms with Gasteiger partial charge in [-0.25, -0.2) is 8.42 Å². The number of likely N-dealkylation sites (N-methyl/N-ethyl adjacent to an activating group) is 1. The molecule has 1 unspecified atom stereocenters. The van der Waals surface area contributed by atoms with Crippen LogP contribution in [0.1, 0.15) is 19.8 Å². The molecule has 1 aliphatic rings. The Morgan fingerprint density at radius 3 is 2.75 bits per heavy atom. The average molecular weight is 466 g/mol. The molecule has 0 spiro atoms. The Hall–Kier alpha value is -0.870. The second-order valence-electron chi connectivity index (χ2n) is 5.71. The first-order chi connectivity index (χ1) is 11.0. The molecule has 136 valence electrons. The van der Waals surface area contributed by atoms with Gasteiger partial charge in [0.2, 0.25) is 0 Å². The van der Waals surface area contributed by atoms with Crippen LogP contribution in [0.25, 0.3) is 0 Å². The van der Waals surface area contributed by atoms with Crippen LogP contribution in [0.15, 0.2) is 40.2 Å². The minimum Gasteiger partial charge on any atom is -0.370 e. The number of nitrogens with one attached hydrogen (secondary N) is 1. The van der Waals surface area contributed by atoms with E-state index in [0.29, 0.717) is 23.4 Å². The Bertz CT molecular complexity index is 622. The minimum absolute atomic E-state index is 0. The van der Waals surface area contributed by atoms with Crippen molar-refractivity contribution in [3.05, 3.63) is 30.3 Å². The number of halogens is 1. The van der Waals surface area contributed by atoms with Crippen molar-refractivity contribution >= 4 is 39.8 Å². The van der Waals surface area contributed by atoms with Gasteiger partial charge in [-0.3, -0.25) is 9.89 Å². The van der Waals surface area contributed by atoms with Crippen LogP contribution >= 0.6 is 24.0 Å². The van der Waals surface area contributed by atoms with Gasteiger partial charge in [-0.1, -0.05) is 25.1 Å². The summed E-state index contributed by atoms with van der Waals surface area (Å²) in [5.74, 6) is 0.314. The highest BCUT2D eigenvalue weighted by atomic mass is 127. The Morgan fingerprint density at radius 2 is 2.08 bits per heavy atom. The quantitative estimate of drug-likeness (QED) is 0.361. The van der Waals surface area contributed by atoms with Crippen LogP contribution < -0.4 is 11.1 Å². The highest BCUT2D eigenvalue weighted by molar-refractivity contribution is 14.0. The maximum Gasteiger partial charge on any atom is 0.188 e. The van der Waals surface area contributed by atoms with E-state index < -0.39 is 9.84 Å². The van der Waals surface area contributed by atoms with E-state index in [-0.39, 0.29) is 36.3 Å². The van der Waals surface area contributed by atoms with Crippen molar-refractivity contribution in [2.45, 2.75) is 30.7 Å². The van der Waals surface area contributed by atoms with Gasteiger partial charge >= 0.3 is 0 Å². The van der Waals surface area contributed by atoms with Crippen LogP contribution in [0.4, 0.5) is 0 Å². The van der Waals surface area contributed by atoms with E-state index in [1.165, 1.54) is 6.42 Å². The molecule has 0 amide bonds. The van der Waals surface area contributed by atoms with Crippen molar-refractivity contribution in [3.8, 4) is 0 Å². The number of hydrogen-bond acceptors (Lipinski definition) is 4. The number of sulfone groups is 1. The van der Waals surface area contributed by atoms with Crippen LogP contribution in [0, 0.1) is 0 Å². The summed E-state index contributed by atoms with van der Waals surface area (Å²) < 4.78 is 24.3. The molecular weight excluding hydrogens is 439 g/mol. The molecular formula is C16H27IN4O2S. The molecule has 1 heterocycles. The van der Waals surface area contributed by atoms with Crippen LogP contribution in [-0.2, 0) is 9.84 Å². The van der Waals surface area contributed by atoms with Gasteiger partial charge in [0.05, 0.1) is 17.2 Å². The van der Waals surface area contributed by atoms with Crippen molar-refractivity contribution in [2.75, 3.05) is 31.9 Å². The molecule has 1 aliphatic heterocycles. The van der Waals surface area contributed by atoms with Crippen molar-refractivity contribution in [3.63, 3.8) is 0 Å². The summed E-state index contributed by atoms with van der Waals surface area (Å²) in [6.07, 6.45) is 2.35. The lowest BCUT2D eigenvalue weighted by Gasteiger charge is -2.20. The third-order valence-corrected chi connectivity index (χ3v) is 5.89. The molecule has 8 heteroatoms. The van der Waals surface area contributed by atoms with Crippen molar-refractivity contribution < 1.29 is 8.42 Å². The van der Waals surface area contributed by atoms with E-state index in [0.717, 1.165) is 19.5 Å². The number of hydrogen-bond donors (Lipinski definition) is 2. The summed E-state index contributed by atoms with van der Waals surface area (Å²) in [6.45, 7) is 5.23. The third kappa shape index (κ3) is 6.21. The zero-order chi connectivity index (χ0) is 16.7. The Labute approximate surface area is 161 Å². The fourth-order valence-corrected chi connectivity index (χ4v) is 4.02. The van der Waals surface area contributed by atoms with Gasteiger partial charge < -0.3 is 11.1 Å². The molecule has 1 saturated heterocycles. The third-order valence-electron chi connectivity index (χ3n) is 4.16. The predicted molar refractivity (Wildman–Crippen MR) is 109 cm³/mol. The second kappa shape index (κ2) is 10.2. The number of guanidine groups is 1. The van der Waals surface area contributed by atoms with Crippen LogP contribution in [0.3, 0.4) is 0 Å². The van der Waals surface area contributed by atoms with Crippen molar-refractivity contribution in [2.24, 2.45) is 10.7 Å². The van der Waals surface area contributed by atoms with Crippen molar-refractivity contribution in [1.29, 1.82) is 0 Å². The first kappa shape index (κ1) is 21.2. The van der Waals surface area contributed by atoms with E-state index in [1.54, 1.807) is 30.3 Å². The van der Waals surface area contributed by atoms with E-state index in [9.17, 15) is 8.42 Å². The lowest BCUT2D eigenvalue weighted by atomic mass is 10.2. The fourth-order valence-electron chi connectivity index (χ4n) is 2.84. The molecule has 1 atom stereocenters. The van der Waals surface area contributed by atoms with Gasteiger partial charge in [-0.2, -0.15) is 0 Å². The summed E-state index contributed by atoms with van der Waals surface area (Å²) in [5, 5.41) is 2.90. The summed E-state index contributed by atoms with van der Waals surface area (Å²) in [4.78, 5) is 7.08. The summed E-state index contributed by atoms with van der Waals surface area (Å²) in [5.41, 5.74) is 5.83. The number of aliphatic imine (C=N–C) groups is 1. The smallest absolute Gasteiger partial charge is 0.188 e. The van der Waals surface area contributed by atoms with Crippen LogP contribution in [0.2, 0.25) is 0 Å². The van der Waals surface area contributed by atoms with Crippen molar-refractivity contribution in [1.82, 2.24) is 10.2 Å². The highest BCUT2D eigenvalue weighted by Gasteiger charge is 2.22. The number of nitrogens with zero attached hydrogens (tertiary/aromatic N) is 2. The molecule has 3 N–H and O–H groups in total. The summed E-state index contributed by atoms with van der Waals surface area (Å²) in [6, 6.07) is 8.89. The van der Waals surface area contributed by atoms with E-state index in [2.05, 4.69) is 22.1 Å². The molecule has 1 fully saturated rings. The number of rotatable bonds is 7. The van der Waals surface area contributed by atoms with Gasteiger partial charge in [-0.15, -0.1) is 24.0 Å². The Balaban J connectivity index is 0.00000288. The SMILES string of the molecule is CCN1CCCC1CN=C(N)NCCS(=O)(=O)c1ccccc1.I. The second-order valence-corrected chi connectivity index (χ2v) is 7.82. The molecule has 1 aromatic carbocycles. The monoisotopic (exact) mass is 466 g/mol. The maximum atomic E-state index is 12.1. The largest absolute Gasteiger partial charge is 0.370 e. The molecule has 24 heavy (non-hydrogen) atoms. The minimum atomic E-state index is -3.28. The standard InChI is InChI=1S/C16H26N4O2S.HI/c1-2-20-11-6-7-14(20)13-19-16(17)18-10-12-23(21,22)15-8-4-3-5-9-15;/h3-5,8-9,14H,2,6-7,10-13H2,1H3,(H3,17,18,19);1H. The molecule has 0 saturated carbocycles. The number of nitrogens with two attached hydrogens (primary N) is 1. The zero-order valence-electron chi connectivity index (χ0n) is 14.0. The first-order valence-electron chi connectivity index (χ1n) is 8.08. The van der Waals surface area contributed by atoms with Gasteiger partial charge in [0, 0.05) is 12.6 Å². The molecule has 0 aromatic heterocycles. The lowest BCUT2D eigenvalue weighted by molar-refractivity contribution is 0.273. The fraction of sp³-hybridized carbons (Fsp3) is 0.562. The lowest BCUT2D eigenvalue weighted by Crippen LogP contribution is -2.37. The van der Waals surface area contributed by atoms with Gasteiger partial charge in [0.25, 0.3) is 0 Å². The van der Waals surface area contributed by atoms with Gasteiger partial charge in [0.1, 0.15) is 0 Å². The Morgan fingerprint density at radius 1 is 1.38 bits per heavy atom. The normalized spacial score (nSPS) is 19.0. The Kier molecular flexibility index (Phi) is 8.99. The predicted octanol–water partition coefficient (Wildman–Crippen LogP) is 1.47. The maximum absolute atomic E-state index is 12.1. The molecule has 6 nitrogen and oxygen atoms in total. The zero-order valence-corrected chi connectivity index (χ0v) is 17.2. The number of likely N-dealkylation sites (tertiary alicyclic amines) is 1. The highest BCUT2D eigenvalue weighted by Crippen LogP contribution is 2.16. The molecule has 0 radical (unpaired) electrons. The molecule has 0 aliphatic carbocycles. The first-order valence-corrected chi connectivity index (χ1v) is 9.74. The van der Waals surface area contributed by atoms with E-state index >= 15 is 0 Å². The van der Waals surface area contributed by atoms with E-state index in [4.69, 9.17) is 5.73 Å². The topological polar surface area (TPSA) is 87.8 Å². The van der Waals surface area contributed by atoms with E-state index in [1.807, 2.05) is 0 Å². The summed E-state index contributed by atoms with van der Waals surface area (Å²) in [7, 11) is -3.28. The van der Waals surface area contributed by atoms with Crippen LogP contribution in [0.5, 0.6) is 0 Å². The molecule has 0 bridgehead atoms. The van der Waals surface area contributed by atoms with Gasteiger partial charge in [-0.05, 0) is 38.1 Å². The average Bonchev–Trinajstić information content (AvgIpc) is 3.01. The number of benzene rings is 1.